The van der Waals surface area contributed by atoms with Crippen LogP contribution in [0.1, 0.15) is 23.2 Å². The van der Waals surface area contributed by atoms with Gasteiger partial charge in [-0.2, -0.15) is 0 Å². The Labute approximate surface area is 179 Å². The van der Waals surface area contributed by atoms with E-state index in [0.717, 1.165) is 33.8 Å². The maximum Gasteiger partial charge on any atom is 0.235 e. The maximum atomic E-state index is 13.0. The molecule has 1 fully saturated rings. The average molecular weight is 464 g/mol. The molecular formula is C21H14BrN5OS. The Morgan fingerprint density at radius 3 is 2.83 bits per heavy atom. The van der Waals surface area contributed by atoms with E-state index >= 15 is 0 Å². The SMILES string of the molecule is [C-]#[N+]c1ccccc1CSc1nnc2c3c(Br)cccc3n(C(=O)C3CC3)c2n1. The van der Waals surface area contributed by atoms with Gasteiger partial charge in [-0.05, 0) is 30.5 Å². The minimum Gasteiger partial charge on any atom is -0.274 e. The standard InChI is InChI=1S/C21H14BrN5OS/c1-23-15-7-3-2-5-13(15)11-29-21-24-19-18(25-26-21)17-14(22)6-4-8-16(17)27(19)20(28)12-9-10-12/h2-8,12H,9-11H2. The number of aromatic nitrogens is 4. The Hall–Kier alpha value is -2.76. The van der Waals surface area contributed by atoms with Crippen molar-refractivity contribution in [2.45, 2.75) is 23.8 Å². The summed E-state index contributed by atoms with van der Waals surface area (Å²) < 4.78 is 2.56. The Morgan fingerprint density at radius 2 is 2.03 bits per heavy atom. The zero-order chi connectivity index (χ0) is 20.0. The van der Waals surface area contributed by atoms with Crippen LogP contribution < -0.4 is 0 Å². The highest BCUT2D eigenvalue weighted by molar-refractivity contribution is 9.10. The van der Waals surface area contributed by atoms with Gasteiger partial charge >= 0.3 is 0 Å². The number of hydrogen-bond donors (Lipinski definition) is 0. The average Bonchev–Trinajstić information content (AvgIpc) is 3.54. The highest BCUT2D eigenvalue weighted by Crippen LogP contribution is 2.37. The lowest BCUT2D eigenvalue weighted by atomic mass is 10.2. The lowest BCUT2D eigenvalue weighted by Crippen LogP contribution is -2.13. The Kier molecular flexibility index (Phi) is 4.57. The molecule has 2 heterocycles. The highest BCUT2D eigenvalue weighted by Gasteiger charge is 2.33. The van der Waals surface area contributed by atoms with Crippen molar-refractivity contribution in [3.05, 3.63) is 63.9 Å². The summed E-state index contributed by atoms with van der Waals surface area (Å²) in [4.78, 5) is 21.3. The van der Waals surface area contributed by atoms with E-state index in [1.54, 1.807) is 10.6 Å². The molecule has 1 saturated carbocycles. The van der Waals surface area contributed by atoms with Crippen molar-refractivity contribution in [1.29, 1.82) is 0 Å². The predicted molar refractivity (Wildman–Crippen MR) is 116 cm³/mol. The van der Waals surface area contributed by atoms with E-state index in [1.165, 1.54) is 11.8 Å². The summed E-state index contributed by atoms with van der Waals surface area (Å²) in [5, 5.41) is 10.0. The molecule has 142 valence electrons. The topological polar surface area (TPSA) is 65.0 Å². The number of benzene rings is 2. The van der Waals surface area contributed by atoms with Crippen LogP contribution in [0.4, 0.5) is 5.69 Å². The van der Waals surface area contributed by atoms with Crippen LogP contribution in [0.2, 0.25) is 0 Å². The molecule has 8 heteroatoms. The fourth-order valence-corrected chi connectivity index (χ4v) is 4.67. The van der Waals surface area contributed by atoms with E-state index in [4.69, 9.17) is 6.57 Å². The lowest BCUT2D eigenvalue weighted by molar-refractivity contribution is 0.0896. The second kappa shape index (κ2) is 7.25. The summed E-state index contributed by atoms with van der Waals surface area (Å²) in [6, 6.07) is 13.3. The molecule has 2 aromatic heterocycles. The fourth-order valence-electron chi connectivity index (χ4n) is 3.35. The van der Waals surface area contributed by atoms with E-state index < -0.39 is 0 Å². The summed E-state index contributed by atoms with van der Waals surface area (Å²) >= 11 is 4.99. The van der Waals surface area contributed by atoms with E-state index in [0.29, 0.717) is 27.8 Å². The number of thioether (sulfide) groups is 1. The second-order valence-electron chi connectivity index (χ2n) is 6.88. The Balaban J connectivity index is 1.60. The third-order valence-corrected chi connectivity index (χ3v) is 6.49. The molecule has 5 rings (SSSR count). The fraction of sp³-hybridized carbons (Fsp3) is 0.190. The van der Waals surface area contributed by atoms with Gasteiger partial charge in [0, 0.05) is 21.5 Å². The number of fused-ring (bicyclic) bond motifs is 3. The Morgan fingerprint density at radius 1 is 1.21 bits per heavy atom. The molecule has 0 amide bonds. The normalized spacial score (nSPS) is 13.7. The van der Waals surface area contributed by atoms with Crippen LogP contribution in [-0.4, -0.2) is 25.7 Å². The first kappa shape index (κ1) is 18.3. The molecule has 0 saturated heterocycles. The number of carbonyl (C=O) groups excluding carboxylic acids is 1. The van der Waals surface area contributed by atoms with Crippen molar-refractivity contribution in [2.24, 2.45) is 5.92 Å². The number of para-hydroxylation sites is 1. The molecule has 0 radical (unpaired) electrons. The monoisotopic (exact) mass is 463 g/mol. The third kappa shape index (κ3) is 3.20. The van der Waals surface area contributed by atoms with Crippen LogP contribution in [0.25, 0.3) is 26.9 Å². The molecule has 1 aliphatic carbocycles. The van der Waals surface area contributed by atoms with Crippen molar-refractivity contribution in [3.63, 3.8) is 0 Å². The van der Waals surface area contributed by atoms with Gasteiger partial charge in [0.05, 0.1) is 12.1 Å². The number of halogens is 1. The van der Waals surface area contributed by atoms with Gasteiger partial charge in [-0.15, -0.1) is 10.2 Å². The molecule has 6 nitrogen and oxygen atoms in total. The van der Waals surface area contributed by atoms with E-state index in [1.807, 2.05) is 36.4 Å². The quantitative estimate of drug-likeness (QED) is 0.289. The van der Waals surface area contributed by atoms with Gasteiger partial charge in [-0.1, -0.05) is 58.0 Å². The molecule has 0 spiro atoms. The number of hydrogen-bond acceptors (Lipinski definition) is 5. The van der Waals surface area contributed by atoms with Gasteiger partial charge in [0.15, 0.2) is 11.3 Å². The molecule has 2 aromatic carbocycles. The van der Waals surface area contributed by atoms with Crippen molar-refractivity contribution in [2.75, 3.05) is 0 Å². The van der Waals surface area contributed by atoms with Gasteiger partial charge in [0.2, 0.25) is 11.1 Å². The van der Waals surface area contributed by atoms with Gasteiger partial charge in [-0.25, -0.2) is 9.83 Å². The second-order valence-corrected chi connectivity index (χ2v) is 8.67. The molecule has 0 aliphatic heterocycles. The highest BCUT2D eigenvalue weighted by atomic mass is 79.9. The molecule has 0 atom stereocenters. The largest absolute Gasteiger partial charge is 0.274 e. The number of rotatable bonds is 4. The Bertz CT molecular complexity index is 1320. The summed E-state index contributed by atoms with van der Waals surface area (Å²) in [7, 11) is 0. The molecule has 0 bridgehead atoms. The molecule has 1 aliphatic rings. The van der Waals surface area contributed by atoms with E-state index in [-0.39, 0.29) is 11.8 Å². The minimum atomic E-state index is 0.0596. The van der Waals surface area contributed by atoms with Crippen LogP contribution in [0, 0.1) is 12.5 Å². The lowest BCUT2D eigenvalue weighted by Gasteiger charge is -2.05. The van der Waals surface area contributed by atoms with Crippen LogP contribution in [0.15, 0.2) is 52.1 Å². The van der Waals surface area contributed by atoms with Crippen LogP contribution in [0.5, 0.6) is 0 Å². The molecule has 0 unspecified atom stereocenters. The van der Waals surface area contributed by atoms with Gasteiger partial charge < -0.3 is 0 Å². The maximum absolute atomic E-state index is 13.0. The zero-order valence-corrected chi connectivity index (χ0v) is 17.6. The first-order valence-corrected chi connectivity index (χ1v) is 10.9. The zero-order valence-electron chi connectivity index (χ0n) is 15.2. The van der Waals surface area contributed by atoms with Crippen molar-refractivity contribution in [1.82, 2.24) is 19.7 Å². The van der Waals surface area contributed by atoms with Crippen molar-refractivity contribution < 1.29 is 4.79 Å². The summed E-state index contributed by atoms with van der Waals surface area (Å²) in [6.07, 6.45) is 1.84. The van der Waals surface area contributed by atoms with Crippen LogP contribution in [-0.2, 0) is 5.75 Å². The van der Waals surface area contributed by atoms with E-state index in [2.05, 4.69) is 36.0 Å². The first-order chi connectivity index (χ1) is 14.2. The first-order valence-electron chi connectivity index (χ1n) is 9.13. The van der Waals surface area contributed by atoms with Gasteiger partial charge in [0.25, 0.3) is 0 Å². The molecular weight excluding hydrogens is 450 g/mol. The molecule has 0 N–H and O–H groups in total. The third-order valence-electron chi connectivity index (χ3n) is 4.95. The summed E-state index contributed by atoms with van der Waals surface area (Å²) in [6.45, 7) is 7.31. The van der Waals surface area contributed by atoms with Crippen molar-refractivity contribution in [3.8, 4) is 0 Å². The summed E-state index contributed by atoms with van der Waals surface area (Å²) in [5.74, 6) is 0.689. The van der Waals surface area contributed by atoms with Crippen LogP contribution in [0.3, 0.4) is 0 Å². The van der Waals surface area contributed by atoms with Crippen molar-refractivity contribution >= 4 is 61.4 Å². The van der Waals surface area contributed by atoms with Gasteiger partial charge in [0.1, 0.15) is 5.52 Å². The molecule has 29 heavy (non-hydrogen) atoms. The van der Waals surface area contributed by atoms with E-state index in [9.17, 15) is 4.79 Å². The number of nitrogens with zero attached hydrogens (tertiary/aromatic N) is 5. The van der Waals surface area contributed by atoms with Gasteiger partial charge in [-0.3, -0.25) is 9.36 Å². The molecule has 4 aromatic rings. The van der Waals surface area contributed by atoms with Crippen LogP contribution >= 0.6 is 27.7 Å². The predicted octanol–water partition coefficient (Wildman–Crippen LogP) is 5.64. The minimum absolute atomic E-state index is 0.0596. The summed E-state index contributed by atoms with van der Waals surface area (Å²) in [5.41, 5.74) is 3.50. The number of carbonyl (C=O) groups is 1. The smallest absolute Gasteiger partial charge is 0.235 e.